The molecular formula is C12H11ClN2O3S. The molecule has 100 valence electrons. The lowest BCUT2D eigenvalue weighted by molar-refractivity contribution is -0.120. The first kappa shape index (κ1) is 13.6. The van der Waals surface area contributed by atoms with Crippen LogP contribution in [0.2, 0.25) is 4.34 Å². The largest absolute Gasteiger partial charge is 0.459 e. The number of carbonyl (C=O) groups is 2. The van der Waals surface area contributed by atoms with E-state index < -0.39 is 5.91 Å². The van der Waals surface area contributed by atoms with E-state index in [-0.39, 0.29) is 18.2 Å². The molecule has 0 aliphatic rings. The summed E-state index contributed by atoms with van der Waals surface area (Å²) >= 11 is 7.17. The zero-order valence-corrected chi connectivity index (χ0v) is 11.4. The molecule has 0 aliphatic heterocycles. The predicted octanol–water partition coefficient (Wildman–Crippen LogP) is 2.04. The quantitative estimate of drug-likeness (QED) is 0.887. The van der Waals surface area contributed by atoms with Gasteiger partial charge in [-0.05, 0) is 24.3 Å². The van der Waals surface area contributed by atoms with Crippen molar-refractivity contribution in [1.82, 2.24) is 10.6 Å². The summed E-state index contributed by atoms with van der Waals surface area (Å²) in [6.07, 6.45) is 1.40. The summed E-state index contributed by atoms with van der Waals surface area (Å²) < 4.78 is 5.58. The van der Waals surface area contributed by atoms with Crippen molar-refractivity contribution in [1.29, 1.82) is 0 Å². The highest BCUT2D eigenvalue weighted by Crippen LogP contribution is 2.20. The Labute approximate surface area is 118 Å². The van der Waals surface area contributed by atoms with E-state index in [0.29, 0.717) is 10.9 Å². The molecule has 0 spiro atoms. The average molecular weight is 299 g/mol. The first-order valence-corrected chi connectivity index (χ1v) is 6.67. The summed E-state index contributed by atoms with van der Waals surface area (Å²) in [6, 6.07) is 6.75. The lowest BCUT2D eigenvalue weighted by atomic mass is 10.4. The van der Waals surface area contributed by atoms with E-state index in [9.17, 15) is 9.59 Å². The summed E-state index contributed by atoms with van der Waals surface area (Å²) in [7, 11) is 0. The van der Waals surface area contributed by atoms with Crippen LogP contribution in [0.5, 0.6) is 0 Å². The van der Waals surface area contributed by atoms with Crippen LogP contribution in [0.25, 0.3) is 0 Å². The van der Waals surface area contributed by atoms with E-state index in [0.717, 1.165) is 4.88 Å². The van der Waals surface area contributed by atoms with Gasteiger partial charge in [-0.15, -0.1) is 11.3 Å². The van der Waals surface area contributed by atoms with Crippen LogP contribution in [0.15, 0.2) is 34.9 Å². The van der Waals surface area contributed by atoms with Crippen molar-refractivity contribution in [2.45, 2.75) is 6.54 Å². The van der Waals surface area contributed by atoms with Gasteiger partial charge in [-0.1, -0.05) is 11.6 Å². The molecule has 19 heavy (non-hydrogen) atoms. The van der Waals surface area contributed by atoms with Crippen molar-refractivity contribution >= 4 is 34.8 Å². The van der Waals surface area contributed by atoms with Crippen LogP contribution in [0.1, 0.15) is 15.4 Å². The highest BCUT2D eigenvalue weighted by atomic mass is 35.5. The molecule has 0 radical (unpaired) electrons. The molecule has 2 rings (SSSR count). The van der Waals surface area contributed by atoms with Crippen LogP contribution in [0.3, 0.4) is 0 Å². The molecule has 0 fully saturated rings. The van der Waals surface area contributed by atoms with Crippen molar-refractivity contribution in [3.63, 3.8) is 0 Å². The van der Waals surface area contributed by atoms with Crippen molar-refractivity contribution in [2.75, 3.05) is 6.54 Å². The van der Waals surface area contributed by atoms with Gasteiger partial charge >= 0.3 is 0 Å². The number of nitrogens with one attached hydrogen (secondary N) is 2. The van der Waals surface area contributed by atoms with E-state index >= 15 is 0 Å². The fourth-order valence-electron chi connectivity index (χ4n) is 1.35. The molecule has 2 aromatic heterocycles. The van der Waals surface area contributed by atoms with Gasteiger partial charge < -0.3 is 15.1 Å². The minimum absolute atomic E-state index is 0.0986. The van der Waals surface area contributed by atoms with Gasteiger partial charge in [0.15, 0.2) is 5.76 Å². The van der Waals surface area contributed by atoms with E-state index in [1.165, 1.54) is 23.7 Å². The first-order valence-electron chi connectivity index (χ1n) is 5.48. The fourth-order valence-corrected chi connectivity index (χ4v) is 2.38. The maximum absolute atomic E-state index is 11.5. The fraction of sp³-hybridized carbons (Fsp3) is 0.167. The number of halogens is 1. The number of carbonyl (C=O) groups excluding carboxylic acids is 2. The number of amides is 2. The monoisotopic (exact) mass is 298 g/mol. The van der Waals surface area contributed by atoms with Crippen LogP contribution in [-0.2, 0) is 11.3 Å². The summed E-state index contributed by atoms with van der Waals surface area (Å²) in [5.41, 5.74) is 0. The molecule has 0 aliphatic carbocycles. The molecule has 0 unspecified atom stereocenters. The van der Waals surface area contributed by atoms with Gasteiger partial charge in [-0.3, -0.25) is 9.59 Å². The molecule has 7 heteroatoms. The Balaban J connectivity index is 1.71. The van der Waals surface area contributed by atoms with Crippen LogP contribution >= 0.6 is 22.9 Å². The Hall–Kier alpha value is -1.79. The Morgan fingerprint density at radius 1 is 1.26 bits per heavy atom. The van der Waals surface area contributed by atoms with Crippen LogP contribution < -0.4 is 10.6 Å². The first-order chi connectivity index (χ1) is 9.15. The van der Waals surface area contributed by atoms with Gasteiger partial charge in [0.1, 0.15) is 0 Å². The third-order valence-corrected chi connectivity index (χ3v) is 3.47. The van der Waals surface area contributed by atoms with E-state index in [1.54, 1.807) is 12.1 Å². The minimum Gasteiger partial charge on any atom is -0.459 e. The van der Waals surface area contributed by atoms with Gasteiger partial charge in [-0.25, -0.2) is 0 Å². The third kappa shape index (κ3) is 4.11. The molecule has 2 heterocycles. The summed E-state index contributed by atoms with van der Waals surface area (Å²) in [5, 5.41) is 5.14. The Bertz CT molecular complexity index is 565. The highest BCUT2D eigenvalue weighted by molar-refractivity contribution is 7.16. The predicted molar refractivity (Wildman–Crippen MR) is 72.2 cm³/mol. The molecule has 0 saturated carbocycles. The van der Waals surface area contributed by atoms with Crippen molar-refractivity contribution in [3.05, 3.63) is 45.5 Å². The van der Waals surface area contributed by atoms with Gasteiger partial charge in [0.25, 0.3) is 5.91 Å². The Morgan fingerprint density at radius 2 is 2.11 bits per heavy atom. The van der Waals surface area contributed by atoms with E-state index in [4.69, 9.17) is 16.0 Å². The smallest absolute Gasteiger partial charge is 0.287 e. The van der Waals surface area contributed by atoms with Crippen LogP contribution in [0.4, 0.5) is 0 Å². The summed E-state index contributed by atoms with van der Waals surface area (Å²) in [4.78, 5) is 24.0. The average Bonchev–Trinajstić information content (AvgIpc) is 3.04. The second kappa shape index (κ2) is 6.40. The Morgan fingerprint density at radius 3 is 2.74 bits per heavy atom. The third-order valence-electron chi connectivity index (χ3n) is 2.24. The summed E-state index contributed by atoms with van der Waals surface area (Å²) in [5.74, 6) is -0.512. The number of hydrogen-bond acceptors (Lipinski definition) is 4. The topological polar surface area (TPSA) is 71.3 Å². The summed E-state index contributed by atoms with van der Waals surface area (Å²) in [6.45, 7) is 0.297. The second-order valence-corrected chi connectivity index (χ2v) is 5.44. The van der Waals surface area contributed by atoms with Crippen molar-refractivity contribution in [2.24, 2.45) is 0 Å². The maximum Gasteiger partial charge on any atom is 0.287 e. The van der Waals surface area contributed by atoms with Crippen LogP contribution in [0, 0.1) is 0 Å². The molecule has 0 bridgehead atoms. The Kier molecular flexibility index (Phi) is 4.59. The molecule has 0 saturated heterocycles. The van der Waals surface area contributed by atoms with Gasteiger partial charge in [0.05, 0.1) is 23.7 Å². The minimum atomic E-state index is -0.417. The number of hydrogen-bond donors (Lipinski definition) is 2. The standard InChI is InChI=1S/C12H11ClN2O3S/c13-10-4-3-8(19-10)6-14-11(16)7-15-12(17)9-2-1-5-18-9/h1-5H,6-7H2,(H,14,16)(H,15,17). The number of furan rings is 1. The van der Waals surface area contributed by atoms with Crippen molar-refractivity contribution in [3.8, 4) is 0 Å². The van der Waals surface area contributed by atoms with Gasteiger partial charge in [0.2, 0.25) is 5.91 Å². The lowest BCUT2D eigenvalue weighted by Gasteiger charge is -2.04. The maximum atomic E-state index is 11.5. The van der Waals surface area contributed by atoms with Gasteiger partial charge in [-0.2, -0.15) is 0 Å². The zero-order chi connectivity index (χ0) is 13.7. The number of thiophene rings is 1. The van der Waals surface area contributed by atoms with E-state index in [1.807, 2.05) is 6.07 Å². The molecule has 2 amide bonds. The highest BCUT2D eigenvalue weighted by Gasteiger charge is 2.10. The number of rotatable bonds is 5. The lowest BCUT2D eigenvalue weighted by Crippen LogP contribution is -2.36. The molecule has 2 N–H and O–H groups in total. The molecular weight excluding hydrogens is 288 g/mol. The molecule has 0 aromatic carbocycles. The normalized spacial score (nSPS) is 10.2. The van der Waals surface area contributed by atoms with Gasteiger partial charge in [0, 0.05) is 4.88 Å². The molecule has 2 aromatic rings. The van der Waals surface area contributed by atoms with E-state index in [2.05, 4.69) is 10.6 Å². The zero-order valence-electron chi connectivity index (χ0n) is 9.81. The molecule has 0 atom stereocenters. The SMILES string of the molecule is O=C(CNC(=O)c1ccco1)NCc1ccc(Cl)s1. The molecule has 5 nitrogen and oxygen atoms in total. The van der Waals surface area contributed by atoms with Crippen LogP contribution in [-0.4, -0.2) is 18.4 Å². The second-order valence-electron chi connectivity index (χ2n) is 3.64. The van der Waals surface area contributed by atoms with Crippen molar-refractivity contribution < 1.29 is 14.0 Å².